The highest BCUT2D eigenvalue weighted by molar-refractivity contribution is 6.07. The molecule has 0 atom stereocenters. The predicted molar refractivity (Wildman–Crippen MR) is 80.6 cm³/mol. The topological polar surface area (TPSA) is 86.8 Å². The van der Waals surface area contributed by atoms with Crippen molar-refractivity contribution >= 4 is 17.3 Å². The molecule has 0 saturated carbocycles. The molecule has 2 aromatic rings. The normalized spacial score (nSPS) is 13.8. The molecule has 0 aromatic heterocycles. The van der Waals surface area contributed by atoms with E-state index in [1.54, 1.807) is 11.0 Å². The lowest BCUT2D eigenvalue weighted by atomic mass is 10.00. The minimum atomic E-state index is -0.244. The SMILES string of the molecule is Nc1ccc2c(c1)CCCN2C(=O)c1cc(O)cc(O)c1. The van der Waals surface area contributed by atoms with Crippen molar-refractivity contribution < 1.29 is 15.0 Å². The Hall–Kier alpha value is -2.69. The van der Waals surface area contributed by atoms with Crippen LogP contribution in [0.5, 0.6) is 11.5 Å². The zero-order valence-corrected chi connectivity index (χ0v) is 11.4. The van der Waals surface area contributed by atoms with Gasteiger partial charge in [0, 0.05) is 29.5 Å². The van der Waals surface area contributed by atoms with Crippen molar-refractivity contribution in [1.82, 2.24) is 0 Å². The van der Waals surface area contributed by atoms with Crippen molar-refractivity contribution in [3.05, 3.63) is 47.5 Å². The van der Waals surface area contributed by atoms with Gasteiger partial charge in [0.25, 0.3) is 5.91 Å². The predicted octanol–water partition coefficient (Wildman–Crippen LogP) is 2.27. The molecule has 2 aromatic carbocycles. The van der Waals surface area contributed by atoms with Crippen molar-refractivity contribution in [2.24, 2.45) is 0 Å². The van der Waals surface area contributed by atoms with Gasteiger partial charge in [0.05, 0.1) is 0 Å². The summed E-state index contributed by atoms with van der Waals surface area (Å²) in [6.45, 7) is 0.603. The number of nitrogens with zero attached hydrogens (tertiary/aromatic N) is 1. The van der Waals surface area contributed by atoms with Gasteiger partial charge >= 0.3 is 0 Å². The van der Waals surface area contributed by atoms with Gasteiger partial charge < -0.3 is 20.8 Å². The molecule has 3 rings (SSSR count). The van der Waals surface area contributed by atoms with Gasteiger partial charge in [-0.15, -0.1) is 0 Å². The summed E-state index contributed by atoms with van der Waals surface area (Å²) in [6.07, 6.45) is 1.74. The number of anilines is 2. The first-order valence-corrected chi connectivity index (χ1v) is 6.78. The zero-order valence-electron chi connectivity index (χ0n) is 11.4. The van der Waals surface area contributed by atoms with Crippen LogP contribution in [0, 0.1) is 0 Å². The highest BCUT2D eigenvalue weighted by Gasteiger charge is 2.24. The van der Waals surface area contributed by atoms with E-state index in [2.05, 4.69) is 0 Å². The van der Waals surface area contributed by atoms with Gasteiger partial charge in [-0.3, -0.25) is 4.79 Å². The summed E-state index contributed by atoms with van der Waals surface area (Å²) in [5, 5.41) is 19.1. The van der Waals surface area contributed by atoms with E-state index in [9.17, 15) is 15.0 Å². The number of fused-ring (bicyclic) bond motifs is 1. The third kappa shape index (κ3) is 2.50. The number of amides is 1. The van der Waals surface area contributed by atoms with Gasteiger partial charge in [0.2, 0.25) is 0 Å². The van der Waals surface area contributed by atoms with E-state index >= 15 is 0 Å². The molecular formula is C16H16N2O3. The van der Waals surface area contributed by atoms with Gasteiger partial charge in [0.15, 0.2) is 0 Å². The minimum Gasteiger partial charge on any atom is -0.508 e. The van der Waals surface area contributed by atoms with Crippen molar-refractivity contribution in [1.29, 1.82) is 0 Å². The van der Waals surface area contributed by atoms with Crippen LogP contribution < -0.4 is 10.6 Å². The molecule has 1 aliphatic heterocycles. The average molecular weight is 284 g/mol. The van der Waals surface area contributed by atoms with E-state index in [1.807, 2.05) is 12.1 Å². The highest BCUT2D eigenvalue weighted by Crippen LogP contribution is 2.31. The van der Waals surface area contributed by atoms with Crippen LogP contribution in [0.1, 0.15) is 22.3 Å². The lowest BCUT2D eigenvalue weighted by molar-refractivity contribution is 0.0984. The molecule has 5 heteroatoms. The van der Waals surface area contributed by atoms with Crippen molar-refractivity contribution in [2.45, 2.75) is 12.8 Å². The molecule has 0 radical (unpaired) electrons. The molecule has 4 N–H and O–H groups in total. The van der Waals surface area contributed by atoms with Crippen molar-refractivity contribution in [2.75, 3.05) is 17.2 Å². The van der Waals surface area contributed by atoms with E-state index in [0.717, 1.165) is 24.1 Å². The fourth-order valence-electron chi connectivity index (χ4n) is 2.70. The van der Waals surface area contributed by atoms with Crippen LogP contribution in [0.4, 0.5) is 11.4 Å². The molecule has 0 spiro atoms. The molecule has 1 heterocycles. The molecule has 0 fully saturated rings. The minimum absolute atomic E-state index is 0.132. The Kier molecular flexibility index (Phi) is 3.17. The maximum atomic E-state index is 12.6. The summed E-state index contributed by atoms with van der Waals surface area (Å²) in [7, 11) is 0. The van der Waals surface area contributed by atoms with E-state index in [0.29, 0.717) is 12.2 Å². The van der Waals surface area contributed by atoms with Gasteiger partial charge in [-0.1, -0.05) is 0 Å². The van der Waals surface area contributed by atoms with Crippen LogP contribution in [-0.2, 0) is 6.42 Å². The second kappa shape index (κ2) is 5.01. The Morgan fingerprint density at radius 3 is 2.52 bits per heavy atom. The molecule has 1 amide bonds. The van der Waals surface area contributed by atoms with E-state index < -0.39 is 0 Å². The number of nitrogens with two attached hydrogens (primary N) is 1. The van der Waals surface area contributed by atoms with E-state index in [1.165, 1.54) is 18.2 Å². The molecule has 0 unspecified atom stereocenters. The fourth-order valence-corrected chi connectivity index (χ4v) is 2.70. The largest absolute Gasteiger partial charge is 0.508 e. The maximum absolute atomic E-state index is 12.6. The Balaban J connectivity index is 2.00. The third-order valence-corrected chi connectivity index (χ3v) is 3.62. The molecule has 0 saturated heterocycles. The molecule has 108 valence electrons. The Bertz CT molecular complexity index is 692. The second-order valence-electron chi connectivity index (χ2n) is 5.19. The Morgan fingerprint density at radius 1 is 1.10 bits per heavy atom. The number of rotatable bonds is 1. The number of aromatic hydroxyl groups is 2. The van der Waals surface area contributed by atoms with Crippen LogP contribution in [0.25, 0.3) is 0 Å². The number of nitrogen functional groups attached to an aromatic ring is 1. The number of phenols is 2. The van der Waals surface area contributed by atoms with Crippen LogP contribution in [0.2, 0.25) is 0 Å². The standard InChI is InChI=1S/C16H16N2O3/c17-12-3-4-15-10(6-12)2-1-5-18(15)16(21)11-7-13(19)9-14(20)8-11/h3-4,6-9,19-20H,1-2,5,17H2. The number of aryl methyl sites for hydroxylation is 1. The molecule has 0 bridgehead atoms. The first-order valence-electron chi connectivity index (χ1n) is 6.78. The maximum Gasteiger partial charge on any atom is 0.258 e. The number of benzene rings is 2. The molecule has 5 nitrogen and oxygen atoms in total. The molecule has 1 aliphatic rings. The van der Waals surface area contributed by atoms with Crippen molar-refractivity contribution in [3.8, 4) is 11.5 Å². The lowest BCUT2D eigenvalue weighted by Crippen LogP contribution is -2.35. The lowest BCUT2D eigenvalue weighted by Gasteiger charge is -2.29. The van der Waals surface area contributed by atoms with Crippen LogP contribution in [0.3, 0.4) is 0 Å². The van der Waals surface area contributed by atoms with Gasteiger partial charge in [-0.25, -0.2) is 0 Å². The second-order valence-corrected chi connectivity index (χ2v) is 5.19. The summed E-state index contributed by atoms with van der Waals surface area (Å²) < 4.78 is 0. The van der Waals surface area contributed by atoms with E-state index in [4.69, 9.17) is 5.73 Å². The molecule has 21 heavy (non-hydrogen) atoms. The monoisotopic (exact) mass is 284 g/mol. The van der Waals surface area contributed by atoms with Crippen molar-refractivity contribution in [3.63, 3.8) is 0 Å². The van der Waals surface area contributed by atoms with Gasteiger partial charge in [-0.05, 0) is 48.7 Å². The third-order valence-electron chi connectivity index (χ3n) is 3.62. The fraction of sp³-hybridized carbons (Fsp3) is 0.188. The van der Waals surface area contributed by atoms with Gasteiger partial charge in [0.1, 0.15) is 11.5 Å². The van der Waals surface area contributed by atoms with Crippen LogP contribution >= 0.6 is 0 Å². The first-order chi connectivity index (χ1) is 10.0. The molecule has 0 aliphatic carbocycles. The summed E-state index contributed by atoms with van der Waals surface area (Å²) in [4.78, 5) is 14.3. The number of carbonyl (C=O) groups is 1. The Labute approximate surface area is 122 Å². The first kappa shape index (κ1) is 13.3. The quantitative estimate of drug-likeness (QED) is 0.701. The number of hydrogen-bond acceptors (Lipinski definition) is 4. The average Bonchev–Trinajstić information content (AvgIpc) is 2.44. The number of carbonyl (C=O) groups excluding carboxylic acids is 1. The Morgan fingerprint density at radius 2 is 1.81 bits per heavy atom. The zero-order chi connectivity index (χ0) is 15.0. The van der Waals surface area contributed by atoms with Gasteiger partial charge in [-0.2, -0.15) is 0 Å². The molecular weight excluding hydrogens is 268 g/mol. The number of hydrogen-bond donors (Lipinski definition) is 3. The summed E-state index contributed by atoms with van der Waals surface area (Å²) in [6, 6.07) is 9.40. The summed E-state index contributed by atoms with van der Waals surface area (Å²) >= 11 is 0. The summed E-state index contributed by atoms with van der Waals surface area (Å²) in [5.41, 5.74) is 8.60. The smallest absolute Gasteiger partial charge is 0.258 e. The summed E-state index contributed by atoms with van der Waals surface area (Å²) in [5.74, 6) is -0.507. The van der Waals surface area contributed by atoms with E-state index in [-0.39, 0.29) is 23.0 Å². The number of phenolic OH excluding ortho intramolecular Hbond substituents is 2. The van der Waals surface area contributed by atoms with Crippen LogP contribution in [0.15, 0.2) is 36.4 Å². The van der Waals surface area contributed by atoms with Crippen LogP contribution in [-0.4, -0.2) is 22.7 Å². The highest BCUT2D eigenvalue weighted by atomic mass is 16.3.